The van der Waals surface area contributed by atoms with Crippen LogP contribution in [0.15, 0.2) is 0 Å². The molecule has 1 aromatic carbocycles. The molecule has 0 saturated carbocycles. The van der Waals surface area contributed by atoms with Gasteiger partial charge in [0.2, 0.25) is 0 Å². The topological polar surface area (TPSA) is 30.5 Å². The first-order valence-corrected chi connectivity index (χ1v) is 8.34. The fourth-order valence-electron chi connectivity index (χ4n) is 1.99. The van der Waals surface area contributed by atoms with Crippen LogP contribution < -0.4 is 10.1 Å². The van der Waals surface area contributed by atoms with Crippen LogP contribution in [0.3, 0.4) is 0 Å². The lowest BCUT2D eigenvalue weighted by molar-refractivity contribution is 0.185. The number of nitrogens with one attached hydrogen (secondary N) is 1. The molecule has 0 radical (unpaired) electrons. The lowest BCUT2D eigenvalue weighted by Gasteiger charge is -2.14. The predicted molar refractivity (Wildman–Crippen MR) is 88.8 cm³/mol. The number of hydrogen-bond acceptors (Lipinski definition) is 3. The van der Waals surface area contributed by atoms with Crippen LogP contribution in [0.25, 0.3) is 0 Å². The molecule has 0 amide bonds. The van der Waals surface area contributed by atoms with Crippen molar-refractivity contribution in [2.75, 3.05) is 32.9 Å². The van der Waals surface area contributed by atoms with E-state index < -0.39 is 0 Å². The van der Waals surface area contributed by atoms with Gasteiger partial charge in [0.15, 0.2) is 5.75 Å². The summed E-state index contributed by atoms with van der Waals surface area (Å²) in [4.78, 5) is 0. The molecule has 8 heteroatoms. The number of benzene rings is 1. The highest BCUT2D eigenvalue weighted by atomic mass is 35.5. The summed E-state index contributed by atoms with van der Waals surface area (Å²) in [5, 5.41) is 4.03. The van der Waals surface area contributed by atoms with E-state index in [1.54, 1.807) is 0 Å². The molecule has 1 heterocycles. The van der Waals surface area contributed by atoms with Gasteiger partial charge in [-0.25, -0.2) is 0 Å². The lowest BCUT2D eigenvalue weighted by Crippen LogP contribution is -2.27. The van der Waals surface area contributed by atoms with Crippen LogP contribution in [0.5, 0.6) is 5.75 Å². The second-order valence-corrected chi connectivity index (χ2v) is 6.57. The average Bonchev–Trinajstić information content (AvgIpc) is 2.99. The van der Waals surface area contributed by atoms with E-state index in [9.17, 15) is 0 Å². The van der Waals surface area contributed by atoms with Gasteiger partial charge in [0.05, 0.1) is 21.7 Å². The Hall–Kier alpha value is 0.390. The molecule has 2 rings (SSSR count). The van der Waals surface area contributed by atoms with Crippen LogP contribution >= 0.6 is 58.0 Å². The van der Waals surface area contributed by atoms with Gasteiger partial charge in [-0.1, -0.05) is 58.0 Å². The second-order valence-electron chi connectivity index (χ2n) is 4.68. The molecule has 1 aliphatic heterocycles. The van der Waals surface area contributed by atoms with E-state index in [2.05, 4.69) is 5.32 Å². The lowest BCUT2D eigenvalue weighted by atomic mass is 10.1. The third-order valence-electron chi connectivity index (χ3n) is 3.15. The molecule has 0 aliphatic carbocycles. The molecular formula is C13H14Cl5NO2. The van der Waals surface area contributed by atoms with Crippen molar-refractivity contribution in [1.29, 1.82) is 0 Å². The fourth-order valence-corrected chi connectivity index (χ4v) is 3.22. The molecule has 1 saturated heterocycles. The number of hydrogen-bond donors (Lipinski definition) is 1. The molecule has 1 N–H and O–H groups in total. The van der Waals surface area contributed by atoms with E-state index in [1.165, 1.54) is 0 Å². The standard InChI is InChI=1S/C13H14Cl5NO2/c14-8-9(15)11(17)13(12(18)10(8)16)21-4-2-19-5-7-1-3-20-6-7/h7,19H,1-6H2. The van der Waals surface area contributed by atoms with Gasteiger partial charge in [-0.05, 0) is 12.3 Å². The van der Waals surface area contributed by atoms with E-state index in [4.69, 9.17) is 67.5 Å². The van der Waals surface area contributed by atoms with Gasteiger partial charge in [0.25, 0.3) is 0 Å². The van der Waals surface area contributed by atoms with Gasteiger partial charge in [-0.2, -0.15) is 0 Å². The first-order chi connectivity index (χ1) is 10.0. The quantitative estimate of drug-likeness (QED) is 0.421. The molecule has 1 atom stereocenters. The van der Waals surface area contributed by atoms with Crippen molar-refractivity contribution >= 4 is 58.0 Å². The van der Waals surface area contributed by atoms with Gasteiger partial charge < -0.3 is 14.8 Å². The minimum atomic E-state index is 0.125. The Balaban J connectivity index is 1.85. The van der Waals surface area contributed by atoms with E-state index in [-0.39, 0.29) is 30.9 Å². The highest BCUT2D eigenvalue weighted by Crippen LogP contribution is 2.48. The van der Waals surface area contributed by atoms with E-state index in [0.717, 1.165) is 26.2 Å². The molecule has 21 heavy (non-hydrogen) atoms. The monoisotopic (exact) mass is 391 g/mol. The number of rotatable bonds is 6. The maximum atomic E-state index is 6.07. The third kappa shape index (κ3) is 4.44. The molecule has 1 unspecified atom stereocenters. The Morgan fingerprint density at radius 2 is 1.62 bits per heavy atom. The number of ether oxygens (including phenoxy) is 2. The maximum absolute atomic E-state index is 6.07. The Morgan fingerprint density at radius 1 is 1.00 bits per heavy atom. The van der Waals surface area contributed by atoms with E-state index in [1.807, 2.05) is 0 Å². The summed E-state index contributed by atoms with van der Waals surface area (Å²) < 4.78 is 10.9. The minimum absolute atomic E-state index is 0.125. The highest BCUT2D eigenvalue weighted by Gasteiger charge is 2.20. The summed E-state index contributed by atoms with van der Waals surface area (Å²) in [6.07, 6.45) is 1.09. The van der Waals surface area contributed by atoms with Gasteiger partial charge >= 0.3 is 0 Å². The van der Waals surface area contributed by atoms with Crippen LogP contribution in [0.4, 0.5) is 0 Å². The van der Waals surface area contributed by atoms with Crippen LogP contribution in [-0.2, 0) is 4.74 Å². The van der Waals surface area contributed by atoms with Crippen molar-refractivity contribution in [2.45, 2.75) is 6.42 Å². The van der Waals surface area contributed by atoms with Crippen LogP contribution in [-0.4, -0.2) is 32.9 Å². The Bertz CT molecular complexity index is 477. The van der Waals surface area contributed by atoms with Crippen molar-refractivity contribution < 1.29 is 9.47 Å². The Morgan fingerprint density at radius 3 is 2.19 bits per heavy atom. The van der Waals surface area contributed by atoms with Crippen molar-refractivity contribution in [1.82, 2.24) is 5.32 Å². The molecule has 118 valence electrons. The summed E-state index contributed by atoms with van der Waals surface area (Å²) in [6, 6.07) is 0. The zero-order valence-electron chi connectivity index (χ0n) is 11.0. The fraction of sp³-hybridized carbons (Fsp3) is 0.538. The van der Waals surface area contributed by atoms with Crippen LogP contribution in [0.1, 0.15) is 6.42 Å². The smallest absolute Gasteiger partial charge is 0.159 e. The highest BCUT2D eigenvalue weighted by molar-refractivity contribution is 6.55. The van der Waals surface area contributed by atoms with Crippen molar-refractivity contribution in [2.24, 2.45) is 5.92 Å². The van der Waals surface area contributed by atoms with Crippen molar-refractivity contribution in [3.05, 3.63) is 25.1 Å². The molecular weight excluding hydrogens is 379 g/mol. The average molecular weight is 394 g/mol. The van der Waals surface area contributed by atoms with Crippen molar-refractivity contribution in [3.63, 3.8) is 0 Å². The van der Waals surface area contributed by atoms with Crippen molar-refractivity contribution in [3.8, 4) is 5.75 Å². The first-order valence-electron chi connectivity index (χ1n) is 6.45. The first kappa shape index (κ1) is 17.7. The summed E-state index contributed by atoms with van der Waals surface area (Å²) in [6.45, 7) is 3.60. The maximum Gasteiger partial charge on any atom is 0.159 e. The molecule has 0 aromatic heterocycles. The largest absolute Gasteiger partial charge is 0.489 e. The zero-order chi connectivity index (χ0) is 15.4. The molecule has 3 nitrogen and oxygen atoms in total. The molecule has 1 fully saturated rings. The zero-order valence-corrected chi connectivity index (χ0v) is 14.8. The third-order valence-corrected chi connectivity index (χ3v) is 5.39. The minimum Gasteiger partial charge on any atom is -0.489 e. The van der Waals surface area contributed by atoms with E-state index >= 15 is 0 Å². The van der Waals surface area contributed by atoms with Gasteiger partial charge in [0, 0.05) is 19.7 Å². The molecule has 1 aliphatic rings. The summed E-state index contributed by atoms with van der Waals surface area (Å²) in [7, 11) is 0. The molecule has 1 aromatic rings. The van der Waals surface area contributed by atoms with Crippen LogP contribution in [0, 0.1) is 5.92 Å². The predicted octanol–water partition coefficient (Wildman–Crippen LogP) is 4.96. The van der Waals surface area contributed by atoms with Gasteiger partial charge in [-0.15, -0.1) is 0 Å². The van der Waals surface area contributed by atoms with Gasteiger partial charge in [-0.3, -0.25) is 0 Å². The SMILES string of the molecule is Clc1c(Cl)c(Cl)c(OCCNCC2CCOC2)c(Cl)c1Cl. The normalized spacial score (nSPS) is 18.2. The summed E-state index contributed by atoms with van der Waals surface area (Å²) in [5.74, 6) is 0.820. The van der Waals surface area contributed by atoms with Gasteiger partial charge in [0.1, 0.15) is 16.7 Å². The summed E-state index contributed by atoms with van der Waals surface area (Å²) >= 11 is 30.0. The second kappa shape index (κ2) is 8.30. The van der Waals surface area contributed by atoms with Crippen LogP contribution in [0.2, 0.25) is 25.1 Å². The Kier molecular flexibility index (Phi) is 7.01. The van der Waals surface area contributed by atoms with E-state index in [0.29, 0.717) is 19.1 Å². The molecule has 0 bridgehead atoms. The Labute approximate surface area is 148 Å². The molecule has 0 spiro atoms. The summed E-state index contributed by atoms with van der Waals surface area (Å²) in [5.41, 5.74) is 0. The number of halogens is 5.